The summed E-state index contributed by atoms with van der Waals surface area (Å²) in [6.45, 7) is 5.41. The molecule has 0 saturated carbocycles. The Labute approximate surface area is 113 Å². The fraction of sp³-hybridized carbons (Fsp3) is 0.833. The summed E-state index contributed by atoms with van der Waals surface area (Å²) in [5.41, 5.74) is 4.69. The predicted octanol–water partition coefficient (Wildman–Crippen LogP) is 1.12. The predicted molar refractivity (Wildman–Crippen MR) is 74.1 cm³/mol. The number of methoxy groups -OCH3 is 1. The van der Waals surface area contributed by atoms with Crippen LogP contribution in [0.2, 0.25) is 0 Å². The molecule has 5 nitrogen and oxygen atoms in total. The van der Waals surface area contributed by atoms with Crippen LogP contribution < -0.4 is 11.1 Å². The van der Waals surface area contributed by atoms with Crippen molar-refractivity contribution in [2.45, 2.75) is 39.2 Å². The van der Waals surface area contributed by atoms with Gasteiger partial charge in [-0.1, -0.05) is 13.8 Å². The second-order valence-corrected chi connectivity index (χ2v) is 6.27. The second kappa shape index (κ2) is 6.99. The third-order valence-corrected chi connectivity index (χ3v) is 3.05. The summed E-state index contributed by atoms with van der Waals surface area (Å²) >= 11 is 1.54. The minimum atomic E-state index is -0.757. The molecule has 18 heavy (non-hydrogen) atoms. The van der Waals surface area contributed by atoms with Crippen LogP contribution in [0.15, 0.2) is 0 Å². The number of carbonyl (C=O) groups is 2. The van der Waals surface area contributed by atoms with Gasteiger partial charge in [0.05, 0.1) is 19.4 Å². The van der Waals surface area contributed by atoms with Gasteiger partial charge in [0.1, 0.15) is 0 Å². The van der Waals surface area contributed by atoms with Crippen molar-refractivity contribution in [1.82, 2.24) is 5.32 Å². The molecule has 1 atom stereocenters. The van der Waals surface area contributed by atoms with E-state index >= 15 is 0 Å². The molecule has 0 spiro atoms. The van der Waals surface area contributed by atoms with E-state index in [0.29, 0.717) is 12.3 Å². The number of nitrogens with one attached hydrogen (secondary N) is 1. The number of hydrogen-bond acceptors (Lipinski definition) is 5. The standard InChI is InChI=1S/C12H24N2O3S/c1-11(2,10(16)14-8-18-5)7-12(3,13)6-9(15)17-4/h6-8,13H2,1-5H3,(H,14,16). The fourth-order valence-electron chi connectivity index (χ4n) is 1.93. The van der Waals surface area contributed by atoms with Gasteiger partial charge in [-0.05, 0) is 19.6 Å². The maximum absolute atomic E-state index is 12.0. The van der Waals surface area contributed by atoms with E-state index in [0.717, 1.165) is 0 Å². The Kier molecular flexibility index (Phi) is 6.70. The lowest BCUT2D eigenvalue weighted by molar-refractivity contribution is -0.143. The first kappa shape index (κ1) is 17.2. The largest absolute Gasteiger partial charge is 0.469 e. The molecule has 0 rings (SSSR count). The number of ether oxygens (including phenoxy) is 1. The smallest absolute Gasteiger partial charge is 0.307 e. The minimum Gasteiger partial charge on any atom is -0.469 e. The number of carbonyl (C=O) groups excluding carboxylic acids is 2. The van der Waals surface area contributed by atoms with Gasteiger partial charge in [0.2, 0.25) is 5.91 Å². The van der Waals surface area contributed by atoms with Gasteiger partial charge in [-0.15, -0.1) is 11.8 Å². The molecule has 0 heterocycles. The molecule has 106 valence electrons. The van der Waals surface area contributed by atoms with Crippen LogP contribution >= 0.6 is 11.8 Å². The van der Waals surface area contributed by atoms with E-state index < -0.39 is 11.0 Å². The average molecular weight is 276 g/mol. The Morgan fingerprint density at radius 1 is 1.33 bits per heavy atom. The summed E-state index contributed by atoms with van der Waals surface area (Å²) in [4.78, 5) is 23.2. The summed E-state index contributed by atoms with van der Waals surface area (Å²) in [6.07, 6.45) is 2.43. The molecular formula is C12H24N2O3S. The normalized spacial score (nSPS) is 14.8. The maximum Gasteiger partial charge on any atom is 0.307 e. The van der Waals surface area contributed by atoms with E-state index in [2.05, 4.69) is 10.1 Å². The molecular weight excluding hydrogens is 252 g/mol. The zero-order valence-corrected chi connectivity index (χ0v) is 12.6. The van der Waals surface area contributed by atoms with E-state index in [4.69, 9.17) is 5.73 Å². The number of thioether (sulfide) groups is 1. The lowest BCUT2D eigenvalue weighted by Crippen LogP contribution is -2.47. The molecule has 0 aromatic carbocycles. The zero-order chi connectivity index (χ0) is 14.4. The number of nitrogens with two attached hydrogens (primary N) is 1. The quantitative estimate of drug-likeness (QED) is 0.538. The van der Waals surface area contributed by atoms with Crippen LogP contribution in [-0.4, -0.2) is 36.7 Å². The molecule has 0 radical (unpaired) electrons. The molecule has 0 aliphatic carbocycles. The molecule has 6 heteroatoms. The van der Waals surface area contributed by atoms with E-state index in [1.807, 2.05) is 20.1 Å². The van der Waals surface area contributed by atoms with Crippen molar-refractivity contribution in [3.63, 3.8) is 0 Å². The second-order valence-electron chi connectivity index (χ2n) is 5.41. The zero-order valence-electron chi connectivity index (χ0n) is 11.8. The van der Waals surface area contributed by atoms with Crippen LogP contribution in [0.4, 0.5) is 0 Å². The molecule has 0 aliphatic rings. The number of amides is 1. The average Bonchev–Trinajstić information content (AvgIpc) is 2.23. The first-order chi connectivity index (χ1) is 8.14. The molecule has 0 aromatic heterocycles. The lowest BCUT2D eigenvalue weighted by Gasteiger charge is -2.33. The molecule has 0 fully saturated rings. The van der Waals surface area contributed by atoms with Crippen molar-refractivity contribution >= 4 is 23.6 Å². The Balaban J connectivity index is 4.53. The highest BCUT2D eigenvalue weighted by Gasteiger charge is 2.36. The molecule has 0 bridgehead atoms. The lowest BCUT2D eigenvalue weighted by atomic mass is 9.77. The van der Waals surface area contributed by atoms with Gasteiger partial charge < -0.3 is 15.8 Å². The van der Waals surface area contributed by atoms with E-state index in [1.54, 1.807) is 18.7 Å². The summed E-state index contributed by atoms with van der Waals surface area (Å²) < 4.78 is 4.60. The Hall–Kier alpha value is -0.750. The summed E-state index contributed by atoms with van der Waals surface area (Å²) in [6, 6.07) is 0. The van der Waals surface area contributed by atoms with Gasteiger partial charge in [0.15, 0.2) is 0 Å². The van der Waals surface area contributed by atoms with Crippen molar-refractivity contribution in [2.75, 3.05) is 19.2 Å². The van der Waals surface area contributed by atoms with Crippen LogP contribution in [0.1, 0.15) is 33.6 Å². The highest BCUT2D eigenvalue weighted by Crippen LogP contribution is 2.29. The van der Waals surface area contributed by atoms with Crippen molar-refractivity contribution in [3.8, 4) is 0 Å². The minimum absolute atomic E-state index is 0.0570. The van der Waals surface area contributed by atoms with Crippen LogP contribution in [-0.2, 0) is 14.3 Å². The Bertz CT molecular complexity index is 304. The highest BCUT2D eigenvalue weighted by molar-refractivity contribution is 7.98. The Morgan fingerprint density at radius 2 is 1.89 bits per heavy atom. The third kappa shape index (κ3) is 6.26. The molecule has 0 aliphatic heterocycles. The third-order valence-electron chi connectivity index (χ3n) is 2.61. The van der Waals surface area contributed by atoms with E-state index in [1.165, 1.54) is 7.11 Å². The fourth-order valence-corrected chi connectivity index (χ4v) is 2.21. The number of rotatable bonds is 7. The topological polar surface area (TPSA) is 81.4 Å². The van der Waals surface area contributed by atoms with Gasteiger partial charge in [-0.2, -0.15) is 0 Å². The van der Waals surface area contributed by atoms with E-state index in [-0.39, 0.29) is 18.3 Å². The van der Waals surface area contributed by atoms with Gasteiger partial charge in [0.25, 0.3) is 0 Å². The van der Waals surface area contributed by atoms with Crippen LogP contribution in [0.25, 0.3) is 0 Å². The van der Waals surface area contributed by atoms with Gasteiger partial charge in [0, 0.05) is 11.0 Å². The SMILES string of the molecule is COC(=O)CC(C)(N)CC(C)(C)C(=O)NCSC. The Morgan fingerprint density at radius 3 is 2.33 bits per heavy atom. The molecule has 0 saturated heterocycles. The summed E-state index contributed by atoms with van der Waals surface area (Å²) in [7, 11) is 1.33. The van der Waals surface area contributed by atoms with Gasteiger partial charge >= 0.3 is 5.97 Å². The summed E-state index contributed by atoms with van der Waals surface area (Å²) in [5.74, 6) is 0.152. The maximum atomic E-state index is 12.0. The number of esters is 1. The number of hydrogen-bond donors (Lipinski definition) is 2. The highest BCUT2D eigenvalue weighted by atomic mass is 32.2. The molecule has 1 amide bonds. The van der Waals surface area contributed by atoms with Crippen molar-refractivity contribution < 1.29 is 14.3 Å². The first-order valence-corrected chi connectivity index (χ1v) is 7.17. The van der Waals surface area contributed by atoms with Gasteiger partial charge in [-0.3, -0.25) is 9.59 Å². The summed E-state index contributed by atoms with van der Waals surface area (Å²) in [5, 5.41) is 2.81. The van der Waals surface area contributed by atoms with Crippen molar-refractivity contribution in [1.29, 1.82) is 0 Å². The van der Waals surface area contributed by atoms with Crippen LogP contribution in [0, 0.1) is 5.41 Å². The molecule has 1 unspecified atom stereocenters. The molecule has 3 N–H and O–H groups in total. The van der Waals surface area contributed by atoms with Crippen molar-refractivity contribution in [2.24, 2.45) is 11.1 Å². The van der Waals surface area contributed by atoms with Gasteiger partial charge in [-0.25, -0.2) is 0 Å². The van der Waals surface area contributed by atoms with E-state index in [9.17, 15) is 9.59 Å². The first-order valence-electron chi connectivity index (χ1n) is 5.77. The van der Waals surface area contributed by atoms with Crippen LogP contribution in [0.3, 0.4) is 0 Å². The monoisotopic (exact) mass is 276 g/mol. The van der Waals surface area contributed by atoms with Crippen molar-refractivity contribution in [3.05, 3.63) is 0 Å². The van der Waals surface area contributed by atoms with Crippen LogP contribution in [0.5, 0.6) is 0 Å². The molecule has 0 aromatic rings.